The highest BCUT2D eigenvalue weighted by Gasteiger charge is 2.25. The Morgan fingerprint density at radius 1 is 0.840 bits per heavy atom. The summed E-state index contributed by atoms with van der Waals surface area (Å²) in [6, 6.07) is 27.8. The standard InChI is InChI=1S/C24H21N/c1-19-9-5-6-10-20(19)15-16-24-23-14-8-7-11-21(23)17-18-25(24)22-12-3-2-4-13-22/h2-14,24H,17-18H2,1H3. The number of hydrogen-bond donors (Lipinski definition) is 0. The monoisotopic (exact) mass is 323 g/mol. The molecule has 0 radical (unpaired) electrons. The highest BCUT2D eigenvalue weighted by molar-refractivity contribution is 5.56. The number of aryl methyl sites for hydroxylation is 1. The Morgan fingerprint density at radius 2 is 1.56 bits per heavy atom. The fraction of sp³-hybridized carbons (Fsp3) is 0.167. The Hall–Kier alpha value is -2.98. The number of fused-ring (bicyclic) bond motifs is 1. The highest BCUT2D eigenvalue weighted by Crippen LogP contribution is 2.33. The maximum absolute atomic E-state index is 3.56. The molecule has 0 aromatic heterocycles. The van der Waals surface area contributed by atoms with Crippen molar-refractivity contribution >= 4 is 5.69 Å². The zero-order valence-electron chi connectivity index (χ0n) is 14.4. The van der Waals surface area contributed by atoms with Gasteiger partial charge in [-0.15, -0.1) is 0 Å². The molecule has 1 nitrogen and oxygen atoms in total. The summed E-state index contributed by atoms with van der Waals surface area (Å²) in [7, 11) is 0. The molecule has 0 saturated heterocycles. The predicted molar refractivity (Wildman–Crippen MR) is 105 cm³/mol. The van der Waals surface area contributed by atoms with Gasteiger partial charge in [-0.1, -0.05) is 72.5 Å². The summed E-state index contributed by atoms with van der Waals surface area (Å²) in [5.74, 6) is 6.99. The van der Waals surface area contributed by atoms with E-state index in [1.807, 2.05) is 0 Å². The Balaban J connectivity index is 1.78. The topological polar surface area (TPSA) is 3.24 Å². The molecule has 4 rings (SSSR count). The van der Waals surface area contributed by atoms with Crippen molar-refractivity contribution in [1.29, 1.82) is 0 Å². The van der Waals surface area contributed by atoms with Crippen LogP contribution in [0.3, 0.4) is 0 Å². The molecule has 25 heavy (non-hydrogen) atoms. The molecular formula is C24H21N. The van der Waals surface area contributed by atoms with Crippen LogP contribution in [0.25, 0.3) is 0 Å². The van der Waals surface area contributed by atoms with Crippen LogP contribution in [0.1, 0.15) is 28.3 Å². The van der Waals surface area contributed by atoms with E-state index in [9.17, 15) is 0 Å². The van der Waals surface area contributed by atoms with Crippen molar-refractivity contribution in [2.75, 3.05) is 11.4 Å². The zero-order valence-corrected chi connectivity index (χ0v) is 14.4. The van der Waals surface area contributed by atoms with Crippen molar-refractivity contribution in [3.63, 3.8) is 0 Å². The van der Waals surface area contributed by atoms with Gasteiger partial charge >= 0.3 is 0 Å². The van der Waals surface area contributed by atoms with Crippen molar-refractivity contribution in [2.24, 2.45) is 0 Å². The second-order valence-corrected chi connectivity index (χ2v) is 6.46. The minimum atomic E-state index is 0.0898. The summed E-state index contributed by atoms with van der Waals surface area (Å²) in [5.41, 5.74) is 6.32. The maximum Gasteiger partial charge on any atom is 0.117 e. The SMILES string of the molecule is Cc1ccccc1C#CC1c2ccccc2CCN1c1ccccc1. The van der Waals surface area contributed by atoms with E-state index in [0.717, 1.165) is 18.5 Å². The van der Waals surface area contributed by atoms with E-state index in [1.54, 1.807) is 0 Å². The smallest absolute Gasteiger partial charge is 0.117 e. The van der Waals surface area contributed by atoms with Gasteiger partial charge in [0.05, 0.1) is 0 Å². The number of nitrogens with zero attached hydrogens (tertiary/aromatic N) is 1. The van der Waals surface area contributed by atoms with E-state index >= 15 is 0 Å². The average Bonchev–Trinajstić information content (AvgIpc) is 2.68. The van der Waals surface area contributed by atoms with Gasteiger partial charge in [0, 0.05) is 17.8 Å². The van der Waals surface area contributed by atoms with Crippen molar-refractivity contribution < 1.29 is 0 Å². The molecule has 122 valence electrons. The first-order valence-electron chi connectivity index (χ1n) is 8.79. The maximum atomic E-state index is 3.56. The van der Waals surface area contributed by atoms with Crippen LogP contribution in [0.2, 0.25) is 0 Å². The Bertz CT molecular complexity index is 931. The summed E-state index contributed by atoms with van der Waals surface area (Å²) < 4.78 is 0. The van der Waals surface area contributed by atoms with E-state index in [2.05, 4.69) is 103 Å². The minimum absolute atomic E-state index is 0.0898. The molecule has 0 bridgehead atoms. The third kappa shape index (κ3) is 3.16. The number of benzene rings is 3. The van der Waals surface area contributed by atoms with Gasteiger partial charge in [0.2, 0.25) is 0 Å². The van der Waals surface area contributed by atoms with Gasteiger partial charge in [0.15, 0.2) is 0 Å². The van der Waals surface area contributed by atoms with Gasteiger partial charge in [-0.05, 0) is 48.2 Å². The Morgan fingerprint density at radius 3 is 2.40 bits per heavy atom. The van der Waals surface area contributed by atoms with Gasteiger partial charge in [0.1, 0.15) is 6.04 Å². The summed E-state index contributed by atoms with van der Waals surface area (Å²) in [6.45, 7) is 3.11. The molecule has 1 unspecified atom stereocenters. The van der Waals surface area contributed by atoms with Gasteiger partial charge in [-0.2, -0.15) is 0 Å². The van der Waals surface area contributed by atoms with E-state index in [1.165, 1.54) is 22.4 Å². The molecule has 3 aromatic carbocycles. The number of anilines is 1. The first-order valence-corrected chi connectivity index (χ1v) is 8.79. The lowest BCUT2D eigenvalue weighted by atomic mass is 9.92. The lowest BCUT2D eigenvalue weighted by Gasteiger charge is -2.36. The summed E-state index contributed by atoms with van der Waals surface area (Å²) in [5, 5.41) is 0. The van der Waals surface area contributed by atoms with Crippen LogP contribution in [0.5, 0.6) is 0 Å². The molecule has 0 amide bonds. The molecular weight excluding hydrogens is 302 g/mol. The fourth-order valence-electron chi connectivity index (χ4n) is 3.48. The molecule has 0 N–H and O–H groups in total. The molecule has 0 spiro atoms. The van der Waals surface area contributed by atoms with Gasteiger partial charge < -0.3 is 4.90 Å². The van der Waals surface area contributed by atoms with Crippen molar-refractivity contribution in [3.05, 3.63) is 101 Å². The van der Waals surface area contributed by atoms with Crippen LogP contribution >= 0.6 is 0 Å². The normalized spacial score (nSPS) is 15.9. The van der Waals surface area contributed by atoms with Gasteiger partial charge in [-0.25, -0.2) is 0 Å². The Labute approximate surface area is 149 Å². The molecule has 0 saturated carbocycles. The highest BCUT2D eigenvalue weighted by atomic mass is 15.2. The van der Waals surface area contributed by atoms with Gasteiger partial charge in [-0.3, -0.25) is 0 Å². The summed E-state index contributed by atoms with van der Waals surface area (Å²) in [6.07, 6.45) is 1.06. The van der Waals surface area contributed by atoms with Crippen LogP contribution < -0.4 is 4.90 Å². The van der Waals surface area contributed by atoms with E-state index < -0.39 is 0 Å². The second kappa shape index (κ2) is 6.87. The largest absolute Gasteiger partial charge is 0.353 e. The number of rotatable bonds is 1. The first kappa shape index (κ1) is 15.5. The number of hydrogen-bond acceptors (Lipinski definition) is 1. The molecule has 0 fully saturated rings. The summed E-state index contributed by atoms with van der Waals surface area (Å²) in [4.78, 5) is 2.42. The molecule has 0 aliphatic carbocycles. The molecule has 1 heterocycles. The van der Waals surface area contributed by atoms with Crippen LogP contribution in [-0.2, 0) is 6.42 Å². The Kier molecular flexibility index (Phi) is 4.27. The molecule has 1 heteroatoms. The molecule has 3 aromatic rings. The lowest BCUT2D eigenvalue weighted by Crippen LogP contribution is -2.34. The minimum Gasteiger partial charge on any atom is -0.353 e. The van der Waals surface area contributed by atoms with E-state index in [4.69, 9.17) is 0 Å². The second-order valence-electron chi connectivity index (χ2n) is 6.46. The van der Waals surface area contributed by atoms with E-state index in [0.29, 0.717) is 0 Å². The van der Waals surface area contributed by atoms with Crippen molar-refractivity contribution in [2.45, 2.75) is 19.4 Å². The quantitative estimate of drug-likeness (QED) is 0.560. The van der Waals surface area contributed by atoms with Crippen LogP contribution in [0.15, 0.2) is 78.9 Å². The molecule has 1 aliphatic heterocycles. The zero-order chi connectivity index (χ0) is 17.1. The lowest BCUT2D eigenvalue weighted by molar-refractivity contribution is 0.682. The predicted octanol–water partition coefficient (Wildman–Crippen LogP) is 5.15. The van der Waals surface area contributed by atoms with Crippen LogP contribution in [-0.4, -0.2) is 6.54 Å². The average molecular weight is 323 g/mol. The fourth-order valence-corrected chi connectivity index (χ4v) is 3.48. The molecule has 1 atom stereocenters. The van der Waals surface area contributed by atoms with Crippen molar-refractivity contribution in [1.82, 2.24) is 0 Å². The third-order valence-corrected chi connectivity index (χ3v) is 4.86. The third-order valence-electron chi connectivity index (χ3n) is 4.86. The number of para-hydroxylation sites is 1. The first-order chi connectivity index (χ1) is 12.3. The van der Waals surface area contributed by atoms with Crippen LogP contribution in [0.4, 0.5) is 5.69 Å². The van der Waals surface area contributed by atoms with Crippen LogP contribution in [0, 0.1) is 18.8 Å². The van der Waals surface area contributed by atoms with Crippen molar-refractivity contribution in [3.8, 4) is 11.8 Å². The molecule has 1 aliphatic rings. The van der Waals surface area contributed by atoms with Gasteiger partial charge in [0.25, 0.3) is 0 Å². The summed E-state index contributed by atoms with van der Waals surface area (Å²) >= 11 is 0. The van der Waals surface area contributed by atoms with E-state index in [-0.39, 0.29) is 6.04 Å².